The molecule has 1 N–H and O–H groups in total. The smallest absolute Gasteiger partial charge is 0.257 e. The molecule has 0 saturated heterocycles. The zero-order chi connectivity index (χ0) is 19.7. The Morgan fingerprint density at radius 1 is 1.18 bits per heavy atom. The third-order valence-electron chi connectivity index (χ3n) is 4.14. The maximum atomic E-state index is 12.5. The van der Waals surface area contributed by atoms with E-state index in [0.717, 1.165) is 16.6 Å². The molecule has 1 amide bonds. The molecule has 4 aromatic rings. The summed E-state index contributed by atoms with van der Waals surface area (Å²) in [6, 6.07) is 8.79. The molecule has 0 radical (unpaired) electrons. The van der Waals surface area contributed by atoms with Gasteiger partial charge in [-0.2, -0.15) is 4.98 Å². The number of carbonyl (C=O) groups excluding carboxylic acids is 1. The molecule has 28 heavy (non-hydrogen) atoms. The van der Waals surface area contributed by atoms with Crippen LogP contribution in [0.4, 0.5) is 0 Å². The quantitative estimate of drug-likeness (QED) is 0.542. The van der Waals surface area contributed by atoms with E-state index in [-0.39, 0.29) is 18.4 Å². The molecule has 0 saturated carbocycles. The van der Waals surface area contributed by atoms with E-state index in [1.54, 1.807) is 30.3 Å². The highest BCUT2D eigenvalue weighted by atomic mass is 35.5. The summed E-state index contributed by atoms with van der Waals surface area (Å²) in [7, 11) is 0. The molecule has 3 heterocycles. The topological polar surface area (TPSA) is 107 Å². The van der Waals surface area contributed by atoms with Gasteiger partial charge in [0.05, 0.1) is 23.2 Å². The Kier molecular flexibility index (Phi) is 4.79. The Bertz CT molecular complexity index is 1130. The van der Waals surface area contributed by atoms with Crippen molar-refractivity contribution in [1.29, 1.82) is 0 Å². The number of nitrogens with one attached hydrogen (secondary N) is 1. The third kappa shape index (κ3) is 3.59. The van der Waals surface area contributed by atoms with Crippen LogP contribution in [0.5, 0.6) is 0 Å². The molecule has 0 bridgehead atoms. The number of hydrogen-bond acceptors (Lipinski definition) is 7. The second kappa shape index (κ2) is 7.40. The average molecular weight is 398 g/mol. The number of nitrogens with zero attached hydrogens (tertiary/aromatic N) is 4. The van der Waals surface area contributed by atoms with Crippen LogP contribution in [0.2, 0.25) is 5.02 Å². The predicted molar refractivity (Wildman–Crippen MR) is 102 cm³/mol. The maximum absolute atomic E-state index is 12.5. The van der Waals surface area contributed by atoms with Crippen LogP contribution in [0, 0.1) is 0 Å². The summed E-state index contributed by atoms with van der Waals surface area (Å²) in [5.74, 6) is 0.567. The highest BCUT2D eigenvalue weighted by Gasteiger charge is 2.16. The first-order valence-electron chi connectivity index (χ1n) is 8.63. The average Bonchev–Trinajstić information content (AvgIpc) is 3.33. The van der Waals surface area contributed by atoms with Gasteiger partial charge in [-0.3, -0.25) is 4.79 Å². The molecule has 0 aliphatic rings. The number of fused-ring (bicyclic) bond motifs is 1. The van der Waals surface area contributed by atoms with Crippen LogP contribution < -0.4 is 5.32 Å². The van der Waals surface area contributed by atoms with Crippen molar-refractivity contribution in [3.05, 3.63) is 58.7 Å². The minimum absolute atomic E-state index is 0.0954. The van der Waals surface area contributed by atoms with E-state index in [0.29, 0.717) is 28.0 Å². The van der Waals surface area contributed by atoms with Crippen LogP contribution in [-0.4, -0.2) is 26.2 Å². The number of amides is 1. The molecule has 1 aromatic carbocycles. The van der Waals surface area contributed by atoms with Gasteiger partial charge < -0.3 is 14.4 Å². The second-order valence-corrected chi connectivity index (χ2v) is 6.94. The van der Waals surface area contributed by atoms with Gasteiger partial charge in [0.2, 0.25) is 11.7 Å². The van der Waals surface area contributed by atoms with Gasteiger partial charge >= 0.3 is 0 Å². The van der Waals surface area contributed by atoms with E-state index in [2.05, 4.69) is 25.6 Å². The molecule has 3 aromatic heterocycles. The van der Waals surface area contributed by atoms with Crippen molar-refractivity contribution in [2.75, 3.05) is 0 Å². The largest absolute Gasteiger partial charge is 0.343 e. The fourth-order valence-corrected chi connectivity index (χ4v) is 2.82. The minimum Gasteiger partial charge on any atom is -0.343 e. The lowest BCUT2D eigenvalue weighted by molar-refractivity contribution is 0.0946. The zero-order valence-electron chi connectivity index (χ0n) is 15.1. The van der Waals surface area contributed by atoms with E-state index in [4.69, 9.17) is 20.6 Å². The highest BCUT2D eigenvalue weighted by molar-refractivity contribution is 6.30. The monoisotopic (exact) mass is 397 g/mol. The number of benzene rings is 1. The van der Waals surface area contributed by atoms with Crippen molar-refractivity contribution in [1.82, 2.24) is 25.6 Å². The molecule has 4 rings (SSSR count). The van der Waals surface area contributed by atoms with Gasteiger partial charge in [-0.1, -0.05) is 35.8 Å². The molecule has 0 fully saturated rings. The number of aromatic nitrogens is 4. The molecule has 0 spiro atoms. The van der Waals surface area contributed by atoms with Crippen LogP contribution in [-0.2, 0) is 6.54 Å². The Labute approximate surface area is 164 Å². The normalized spacial score (nSPS) is 11.3. The number of halogens is 1. The van der Waals surface area contributed by atoms with Crippen LogP contribution in [0.25, 0.3) is 22.5 Å². The second-order valence-electron chi connectivity index (χ2n) is 6.50. The Morgan fingerprint density at radius 2 is 1.96 bits per heavy atom. The number of hydrogen-bond donors (Lipinski definition) is 1. The summed E-state index contributed by atoms with van der Waals surface area (Å²) in [6.07, 6.45) is 1.44. The van der Waals surface area contributed by atoms with Gasteiger partial charge in [0.15, 0.2) is 0 Å². The van der Waals surface area contributed by atoms with E-state index < -0.39 is 0 Å². The van der Waals surface area contributed by atoms with Gasteiger partial charge in [-0.25, -0.2) is 4.98 Å². The van der Waals surface area contributed by atoms with Crippen molar-refractivity contribution in [3.63, 3.8) is 0 Å². The molecule has 0 aliphatic carbocycles. The lowest BCUT2D eigenvalue weighted by Crippen LogP contribution is -2.23. The summed E-state index contributed by atoms with van der Waals surface area (Å²) in [5, 5.41) is 12.0. The van der Waals surface area contributed by atoms with Gasteiger partial charge in [-0.05, 0) is 36.2 Å². The lowest BCUT2D eigenvalue weighted by atomic mass is 10.1. The number of rotatable bonds is 5. The number of carbonyl (C=O) groups is 1. The first-order chi connectivity index (χ1) is 13.5. The fourth-order valence-electron chi connectivity index (χ4n) is 2.69. The molecular weight excluding hydrogens is 382 g/mol. The summed E-state index contributed by atoms with van der Waals surface area (Å²) >= 11 is 5.88. The van der Waals surface area contributed by atoms with Crippen LogP contribution in [0.1, 0.15) is 41.7 Å². The van der Waals surface area contributed by atoms with Gasteiger partial charge in [0, 0.05) is 16.8 Å². The first-order valence-corrected chi connectivity index (χ1v) is 9.01. The summed E-state index contributed by atoms with van der Waals surface area (Å²) in [5.41, 5.74) is 2.34. The minimum atomic E-state index is -0.309. The SMILES string of the molecule is CC(C)c1noc2ncc(C(=O)NCc3nc(-c4ccc(Cl)cc4)no3)cc12. The first kappa shape index (κ1) is 18.1. The van der Waals surface area contributed by atoms with Crippen molar-refractivity contribution < 1.29 is 13.8 Å². The van der Waals surface area contributed by atoms with Crippen molar-refractivity contribution in [2.45, 2.75) is 26.3 Å². The molecule has 0 unspecified atom stereocenters. The zero-order valence-corrected chi connectivity index (χ0v) is 15.9. The molecule has 142 valence electrons. The summed E-state index contributed by atoms with van der Waals surface area (Å²) in [6.45, 7) is 4.09. The Morgan fingerprint density at radius 3 is 2.71 bits per heavy atom. The van der Waals surface area contributed by atoms with E-state index in [1.165, 1.54) is 6.20 Å². The van der Waals surface area contributed by atoms with Crippen molar-refractivity contribution in [2.24, 2.45) is 0 Å². The standard InChI is InChI=1S/C19H16ClN5O3/c1-10(2)16-14-7-12(8-22-19(14)28-24-16)18(26)21-9-15-23-17(25-27-15)11-3-5-13(20)6-4-11/h3-8,10H,9H2,1-2H3,(H,21,26). The summed E-state index contributed by atoms with van der Waals surface area (Å²) < 4.78 is 10.4. The molecule has 0 aliphatic heterocycles. The maximum Gasteiger partial charge on any atom is 0.257 e. The molecule has 9 heteroatoms. The van der Waals surface area contributed by atoms with Crippen LogP contribution in [0.15, 0.2) is 45.6 Å². The lowest BCUT2D eigenvalue weighted by Gasteiger charge is -2.03. The van der Waals surface area contributed by atoms with Crippen LogP contribution in [0.3, 0.4) is 0 Å². The van der Waals surface area contributed by atoms with E-state index in [9.17, 15) is 4.79 Å². The van der Waals surface area contributed by atoms with E-state index in [1.807, 2.05) is 13.8 Å². The Hall–Kier alpha value is -3.26. The molecule has 8 nitrogen and oxygen atoms in total. The van der Waals surface area contributed by atoms with Crippen LogP contribution >= 0.6 is 11.6 Å². The van der Waals surface area contributed by atoms with Gasteiger partial charge in [0.1, 0.15) is 0 Å². The number of pyridine rings is 1. The van der Waals surface area contributed by atoms with Crippen molar-refractivity contribution in [3.8, 4) is 11.4 Å². The van der Waals surface area contributed by atoms with Gasteiger partial charge in [0.25, 0.3) is 11.6 Å². The molecular formula is C19H16ClN5O3. The van der Waals surface area contributed by atoms with E-state index >= 15 is 0 Å². The predicted octanol–water partition coefficient (Wildman–Crippen LogP) is 3.98. The highest BCUT2D eigenvalue weighted by Crippen LogP contribution is 2.24. The van der Waals surface area contributed by atoms with Crippen molar-refractivity contribution >= 4 is 28.6 Å². The third-order valence-corrected chi connectivity index (χ3v) is 4.39. The fraction of sp³-hybridized carbons (Fsp3) is 0.211. The molecule has 0 atom stereocenters. The van der Waals surface area contributed by atoms with Gasteiger partial charge in [-0.15, -0.1) is 0 Å². The summed E-state index contributed by atoms with van der Waals surface area (Å²) in [4.78, 5) is 20.9. The Balaban J connectivity index is 1.46.